The number of carbonyl (C=O) groups excluding carboxylic acids is 9. The number of carbonyl (C=O) groups is 9. The molecule has 7 rings (SSSR count). The number of halogens is 2. The Labute approximate surface area is 859 Å². The van der Waals surface area contributed by atoms with Gasteiger partial charge in [0, 0.05) is 136 Å². The molecule has 7 aliphatic rings. The summed E-state index contributed by atoms with van der Waals surface area (Å²) in [5, 5.41) is 86.0. The van der Waals surface area contributed by atoms with Crippen molar-refractivity contribution in [2.45, 2.75) is 412 Å². The summed E-state index contributed by atoms with van der Waals surface area (Å²) < 4.78 is 92.0. The lowest BCUT2D eigenvalue weighted by molar-refractivity contribution is -0.162. The maximum atomic E-state index is 12.0. The molecular formula is C88H158B7BrClN11O31P2. The van der Waals surface area contributed by atoms with Crippen LogP contribution in [-0.4, -0.2) is 445 Å². The molecule has 7 aliphatic heterocycles. The second kappa shape index (κ2) is 73.4. The topological polar surface area (TPSA) is 559 Å². The molecule has 7 saturated heterocycles. The van der Waals surface area contributed by atoms with Crippen LogP contribution >= 0.6 is 42.0 Å². The number of esters is 1. The van der Waals surface area contributed by atoms with Gasteiger partial charge in [0.25, 0.3) is 0 Å². The van der Waals surface area contributed by atoms with Gasteiger partial charge in [0.2, 0.25) is 53.8 Å². The zero-order chi connectivity index (χ0) is 109. The van der Waals surface area contributed by atoms with Gasteiger partial charge in [0.1, 0.15) is 171 Å². The minimum Gasteiger partial charge on any atom is -0.457 e. The Morgan fingerprint density at radius 1 is 0.418 bits per heavy atom. The largest absolute Gasteiger partial charge is 0.457 e. The normalized spacial score (nSPS) is 31.3. The number of aliphatic hydroxyl groups is 6. The van der Waals surface area contributed by atoms with Gasteiger partial charge < -0.3 is 153 Å². The SMILES string of the molecule is CC(C)N=P(Cl)(CCC#N)C(C)C.CNC(=O)C(C)Br.[B][C@@H]1O[C@H](CC)[C@H](O)C1O.[B][C@@H]1O[C@H](CC)[C@H](O)C1OC(C)C(=O)NC.[B][C@@H]1O[C@H](CC)[C@H](O)C1OC(C)C(=O)NC.[B][C@@H]1O[C@H](CC)[C@H](O)C1O[C@@H](C)C(=O)NC.[B][C@@H]1O[C@H](CC)[C@H](O)C1O[C@H](C)C(=O)NC.[B][C@@H]1O[C@H](CC)[C@H](OC(=O)CCC(=O)NC)C1OC(C)C(=O)NC.[B][C@@H]1O[C@H](CC)[C@H](OP(C)OCC[N+]#[C-])C1OC(C)C(=O)NC. The van der Waals surface area contributed by atoms with E-state index in [0.29, 0.717) is 70.2 Å². The van der Waals surface area contributed by atoms with Crippen molar-refractivity contribution in [1.82, 2.24) is 42.5 Å². The van der Waals surface area contributed by atoms with Crippen LogP contribution in [0, 0.1) is 17.9 Å². The fourth-order valence-electron chi connectivity index (χ4n) is 14.1. The van der Waals surface area contributed by atoms with Crippen LogP contribution in [0.15, 0.2) is 4.74 Å². The molecule has 0 aromatic heterocycles. The molecule has 42 nitrogen and oxygen atoms in total. The molecule has 7 heterocycles. The Kier molecular flexibility index (Phi) is 72.0. The van der Waals surface area contributed by atoms with Crippen LogP contribution in [0.4, 0.5) is 0 Å². The van der Waals surface area contributed by atoms with Gasteiger partial charge in [-0.15, -0.1) is 0 Å². The molecule has 8 amide bonds. The zero-order valence-electron chi connectivity index (χ0n) is 87.0. The number of ether oxygens (including phenoxy) is 14. The van der Waals surface area contributed by atoms with Crippen molar-refractivity contribution in [2.75, 3.05) is 82.4 Å². The number of amides is 8. The minimum atomic E-state index is -1.74. The second-order valence-corrected chi connectivity index (χ2v) is 41.3. The van der Waals surface area contributed by atoms with Crippen LogP contribution < -0.4 is 42.5 Å². The summed E-state index contributed by atoms with van der Waals surface area (Å²) in [6.07, 6.45) is -12.2. The molecule has 0 aromatic carbocycles. The first-order chi connectivity index (χ1) is 66.1. The van der Waals surface area contributed by atoms with Crippen LogP contribution in [0.5, 0.6) is 0 Å². The number of nitrogens with one attached hydrogen (secondary N) is 8. The van der Waals surface area contributed by atoms with E-state index in [0.717, 1.165) is 6.16 Å². The van der Waals surface area contributed by atoms with E-state index < -0.39 is 191 Å². The molecule has 37 atom stereocenters. The van der Waals surface area contributed by atoms with Crippen molar-refractivity contribution in [2.24, 2.45) is 4.74 Å². The van der Waals surface area contributed by atoms with Crippen molar-refractivity contribution in [3.63, 3.8) is 0 Å². The summed E-state index contributed by atoms with van der Waals surface area (Å²) in [6, 6.07) is -2.54. The van der Waals surface area contributed by atoms with Gasteiger partial charge in [-0.05, 0) is 107 Å². The second-order valence-electron chi connectivity index (χ2n) is 33.7. The summed E-state index contributed by atoms with van der Waals surface area (Å²) in [7, 11) is 51.0. The lowest BCUT2D eigenvalue weighted by Crippen LogP contribution is -2.44. The van der Waals surface area contributed by atoms with Gasteiger partial charge in [-0.25, -0.2) is 6.57 Å². The summed E-state index contributed by atoms with van der Waals surface area (Å²) in [5.74, 6) is -2.33. The molecule has 0 aliphatic carbocycles. The molecule has 0 bridgehead atoms. The fourth-order valence-corrected chi connectivity index (χ4v) is 18.2. The lowest BCUT2D eigenvalue weighted by atomic mass is 9.92. The standard InChI is InChI=1S/C15H25BN2O6.C14H24BN2O5P.4C10H18BNO4.C9H18ClN2P.C6H11BO3.C4H8BrNO/c1-5-9-12(24-11(20)7-6-10(19)17-3)13(14(16)23-9)22-8(2)15(21)18-4;1-6-10-11(22-23(5)19-8-7-16-3)12(13(15)21-10)20-9(2)14(18)17-4;4*1-4-6-7(13)8(9(11)16-6)15-5(2)10(14)12-3;1-8(2)12-13(10,9(3)4)7-5-6-11;1-2-3-4(8)5(9)6(7)10-3;1-3(5)4(7)6-2/h8-9,12-14H,5-7H2,1-4H3,(H,17,19)(H,18,21);9-13H,6-8H2,1-2,4-5H3,(H,17,18);4*5-9,13H,4H2,1-3H3,(H,12,14);8-9H,5,7H2,1-4H3;3-6,8-9H,2H2,1H3;3H,1-2H3,(H,6,7)/t8?,9-,12+,13?,14-;9?,10-,11+,12?,13-,23?;2*5?,6-,7+,8?,9-;5-,6+,7-,8?,9+;5-,6-,7+,8?,9-;;3-,4+,5?,6-;/m111101.1./s1. The van der Waals surface area contributed by atoms with Crippen molar-refractivity contribution in [3.05, 3.63) is 11.4 Å². The maximum Gasteiger partial charge on any atom is 0.306 e. The minimum absolute atomic E-state index is 0.0139. The van der Waals surface area contributed by atoms with Gasteiger partial charge in [0.05, 0.1) is 72.6 Å². The highest BCUT2D eigenvalue weighted by atomic mass is 79.9. The Bertz CT molecular complexity index is 3550. The number of hydrogen-bond acceptors (Lipinski definition) is 33. The summed E-state index contributed by atoms with van der Waals surface area (Å²) >= 11 is 9.53. The molecule has 0 spiro atoms. The first-order valence-electron chi connectivity index (χ1n) is 47.5. The van der Waals surface area contributed by atoms with Gasteiger partial charge in [-0.1, -0.05) is 89.5 Å². The van der Waals surface area contributed by atoms with Gasteiger partial charge >= 0.3 is 5.97 Å². The molecule has 14 N–H and O–H groups in total. The molecule has 0 saturated carbocycles. The molecule has 7 fully saturated rings. The molecule has 53 heteroatoms. The molecule has 0 aromatic rings. The zero-order valence-corrected chi connectivity index (χ0v) is 91.1. The average molecular weight is 2120 g/mol. The highest BCUT2D eigenvalue weighted by molar-refractivity contribution is 9.10. The number of hydrogen-bond donors (Lipinski definition) is 14. The van der Waals surface area contributed by atoms with E-state index in [1.807, 2.05) is 69.0 Å². The van der Waals surface area contributed by atoms with Crippen molar-refractivity contribution < 1.29 is 149 Å². The van der Waals surface area contributed by atoms with E-state index in [9.17, 15) is 68.7 Å². The van der Waals surface area contributed by atoms with Gasteiger partial charge in [-0.2, -0.15) is 5.26 Å². The summed E-state index contributed by atoms with van der Waals surface area (Å²) in [6.45, 7) is 42.1. The van der Waals surface area contributed by atoms with Crippen LogP contribution in [0.2, 0.25) is 0 Å². The predicted molar refractivity (Wildman–Crippen MR) is 541 cm³/mol. The highest BCUT2D eigenvalue weighted by Gasteiger charge is 2.50. The number of alkyl halides is 1. The van der Waals surface area contributed by atoms with E-state index in [1.165, 1.54) is 42.3 Å². The van der Waals surface area contributed by atoms with Crippen LogP contribution in [0.1, 0.15) is 189 Å². The highest BCUT2D eigenvalue weighted by Crippen LogP contribution is 2.60. The van der Waals surface area contributed by atoms with Gasteiger partial charge in [-0.3, -0.25) is 47.9 Å². The quantitative estimate of drug-likeness (QED) is 0.0100. The van der Waals surface area contributed by atoms with Crippen molar-refractivity contribution in [1.29, 1.82) is 5.26 Å². The third-order valence-electron chi connectivity index (χ3n) is 22.5. The number of rotatable bonds is 39. The molecule has 141 heavy (non-hydrogen) atoms. The monoisotopic (exact) mass is 2120 g/mol. The van der Waals surface area contributed by atoms with E-state index in [-0.39, 0.29) is 108 Å². The summed E-state index contributed by atoms with van der Waals surface area (Å²) in [4.78, 5) is 105. The van der Waals surface area contributed by atoms with Crippen molar-refractivity contribution in [3.8, 4) is 6.07 Å². The Morgan fingerprint density at radius 2 is 0.688 bits per heavy atom. The van der Waals surface area contributed by atoms with Crippen molar-refractivity contribution >= 4 is 150 Å². The van der Waals surface area contributed by atoms with Crippen LogP contribution in [-0.2, 0) is 119 Å². The maximum absolute atomic E-state index is 12.0. The first-order valence-corrected chi connectivity index (χ1v) is 53.0. The van der Waals surface area contributed by atoms with Crippen LogP contribution in [0.3, 0.4) is 0 Å². The Hall–Kier alpha value is -4.75. The Balaban J connectivity index is 0. The number of nitriles is 1. The number of aliphatic hydroxyl groups excluding tert-OH is 6. The molecule has 796 valence electrons. The third kappa shape index (κ3) is 48.2. The first kappa shape index (κ1) is 138. The van der Waals surface area contributed by atoms with E-state index in [1.54, 1.807) is 62.6 Å². The third-order valence-corrected chi connectivity index (χ3v) is 29.2. The van der Waals surface area contributed by atoms with E-state index in [2.05, 4.69) is 88.0 Å². The number of nitrogens with zero attached hydrogens (tertiary/aromatic N) is 3. The molecular weight excluding hydrogens is 1960 g/mol. The van der Waals surface area contributed by atoms with Gasteiger partial charge in [0.15, 0.2) is 14.5 Å². The molecule has 14 unspecified atom stereocenters. The van der Waals surface area contributed by atoms with E-state index in [4.69, 9.17) is 158 Å². The van der Waals surface area contributed by atoms with Crippen LogP contribution in [0.25, 0.3) is 4.85 Å². The Morgan fingerprint density at radius 3 is 0.915 bits per heavy atom. The fraction of sp³-hybridized carbons (Fsp3) is 0.875. The average Bonchev–Trinajstić information content (AvgIpc) is 1.66. The summed E-state index contributed by atoms with van der Waals surface area (Å²) in [5.41, 5.74) is 0.380. The smallest absolute Gasteiger partial charge is 0.306 e. The lowest BCUT2D eigenvalue weighted by Gasteiger charge is -2.28. The van der Waals surface area contributed by atoms with E-state index >= 15 is 0 Å². The predicted octanol–water partition coefficient (Wildman–Crippen LogP) is 0.601. The number of likely N-dealkylation sites (N-methyl/N-ethyl adjacent to an activating group) is 6. The molecule has 14 radical (unpaired) electrons.